The predicted molar refractivity (Wildman–Crippen MR) is 78.4 cm³/mol. The van der Waals surface area contributed by atoms with Crippen LogP contribution in [0.5, 0.6) is 5.75 Å². The fourth-order valence-electron chi connectivity index (χ4n) is 2.54. The van der Waals surface area contributed by atoms with E-state index in [0.717, 1.165) is 37.6 Å². The number of anilines is 1. The van der Waals surface area contributed by atoms with E-state index in [0.29, 0.717) is 0 Å². The zero-order valence-electron chi connectivity index (χ0n) is 12.5. The first kappa shape index (κ1) is 14.8. The zero-order chi connectivity index (χ0) is 14.5. The lowest BCUT2D eigenvalue weighted by molar-refractivity contribution is -1.01. The molecule has 1 aliphatic rings. The zero-order valence-corrected chi connectivity index (χ0v) is 12.5. The second-order valence-corrected chi connectivity index (χ2v) is 5.55. The summed E-state index contributed by atoms with van der Waals surface area (Å²) in [7, 11) is 3.84. The lowest BCUT2D eigenvalue weighted by atomic mass is 10.2. The Kier molecular flexibility index (Phi) is 4.98. The molecule has 1 aliphatic heterocycles. The molecular weight excluding hydrogens is 254 g/mol. The van der Waals surface area contributed by atoms with Gasteiger partial charge in [-0.25, -0.2) is 0 Å². The van der Waals surface area contributed by atoms with Crippen molar-refractivity contribution >= 4 is 11.6 Å². The number of hydrogen-bond donors (Lipinski definition) is 3. The van der Waals surface area contributed by atoms with Gasteiger partial charge in [0.2, 0.25) is 0 Å². The van der Waals surface area contributed by atoms with Crippen LogP contribution >= 0.6 is 0 Å². The minimum Gasteiger partial charge on any atom is -0.497 e. The summed E-state index contributed by atoms with van der Waals surface area (Å²) in [5, 5.41) is 2.98. The van der Waals surface area contributed by atoms with Crippen molar-refractivity contribution in [3.05, 3.63) is 24.3 Å². The highest BCUT2D eigenvalue weighted by Gasteiger charge is 2.29. The number of rotatable bonds is 4. The third kappa shape index (κ3) is 3.71. The summed E-state index contributed by atoms with van der Waals surface area (Å²) >= 11 is 0. The Balaban J connectivity index is 1.89. The van der Waals surface area contributed by atoms with Crippen LogP contribution in [0.25, 0.3) is 0 Å². The van der Waals surface area contributed by atoms with E-state index in [1.165, 1.54) is 4.90 Å². The molecule has 1 saturated heterocycles. The number of quaternary nitrogens is 2. The molecule has 1 amide bonds. The van der Waals surface area contributed by atoms with Crippen molar-refractivity contribution in [2.24, 2.45) is 0 Å². The number of methoxy groups -OCH3 is 1. The Bertz CT molecular complexity index is 439. The van der Waals surface area contributed by atoms with Gasteiger partial charge in [-0.1, -0.05) is 0 Å². The van der Waals surface area contributed by atoms with Crippen LogP contribution in [0.2, 0.25) is 0 Å². The minimum atomic E-state index is -0.00907. The molecule has 0 aromatic heterocycles. The highest BCUT2D eigenvalue weighted by Crippen LogP contribution is 2.14. The van der Waals surface area contributed by atoms with E-state index >= 15 is 0 Å². The number of nitrogens with one attached hydrogen (secondary N) is 3. The summed E-state index contributed by atoms with van der Waals surface area (Å²) < 4.78 is 5.11. The summed E-state index contributed by atoms with van der Waals surface area (Å²) in [4.78, 5) is 15.2. The molecule has 1 heterocycles. The standard InChI is InChI=1S/C15H23N3O2/c1-12(18-10-8-17(2)9-11-18)15(19)16-13-4-6-14(20-3)7-5-13/h4-7,12H,8-11H2,1-3H3,(H,16,19)/p+2/t12-/m1/s1. The number of hydrogen-bond acceptors (Lipinski definition) is 2. The highest BCUT2D eigenvalue weighted by atomic mass is 16.5. The second kappa shape index (κ2) is 6.72. The van der Waals surface area contributed by atoms with E-state index in [1.54, 1.807) is 12.0 Å². The van der Waals surface area contributed by atoms with Crippen LogP contribution in [0.4, 0.5) is 5.69 Å². The molecule has 3 N–H and O–H groups in total. The topological polar surface area (TPSA) is 47.2 Å². The summed E-state index contributed by atoms with van der Waals surface area (Å²) in [6.07, 6.45) is 0. The van der Waals surface area contributed by atoms with Crippen molar-refractivity contribution in [1.29, 1.82) is 0 Å². The Morgan fingerprint density at radius 3 is 2.35 bits per heavy atom. The first-order valence-electron chi connectivity index (χ1n) is 7.21. The Labute approximate surface area is 120 Å². The first-order valence-corrected chi connectivity index (χ1v) is 7.21. The maximum Gasteiger partial charge on any atom is 0.282 e. The van der Waals surface area contributed by atoms with Crippen LogP contribution in [0, 0.1) is 0 Å². The van der Waals surface area contributed by atoms with Crippen molar-refractivity contribution in [3.8, 4) is 5.75 Å². The van der Waals surface area contributed by atoms with Crippen LogP contribution in [0.1, 0.15) is 6.92 Å². The molecule has 1 aromatic rings. The van der Waals surface area contributed by atoms with Crippen molar-refractivity contribution in [2.45, 2.75) is 13.0 Å². The molecule has 1 atom stereocenters. The molecule has 0 spiro atoms. The van der Waals surface area contributed by atoms with Crippen LogP contribution in [0.3, 0.4) is 0 Å². The van der Waals surface area contributed by atoms with Crippen LogP contribution in [-0.4, -0.2) is 52.3 Å². The van der Waals surface area contributed by atoms with Crippen molar-refractivity contribution in [3.63, 3.8) is 0 Å². The van der Waals surface area contributed by atoms with Gasteiger partial charge < -0.3 is 19.9 Å². The summed E-state index contributed by atoms with van der Waals surface area (Å²) in [5.41, 5.74) is 0.821. The van der Waals surface area contributed by atoms with Gasteiger partial charge in [-0.2, -0.15) is 0 Å². The number of benzene rings is 1. The molecular formula is C15H25N3O2+2. The van der Waals surface area contributed by atoms with Crippen LogP contribution < -0.4 is 19.9 Å². The molecule has 110 valence electrons. The number of likely N-dealkylation sites (N-methyl/N-ethyl adjacent to an activating group) is 1. The summed E-state index contributed by atoms with van der Waals surface area (Å²) in [6.45, 7) is 6.39. The Morgan fingerprint density at radius 2 is 1.80 bits per heavy atom. The fraction of sp³-hybridized carbons (Fsp3) is 0.533. The molecule has 5 nitrogen and oxygen atoms in total. The van der Waals surface area contributed by atoms with Gasteiger partial charge >= 0.3 is 0 Å². The molecule has 0 unspecified atom stereocenters. The van der Waals surface area contributed by atoms with Gasteiger partial charge in [0.15, 0.2) is 6.04 Å². The van der Waals surface area contributed by atoms with Gasteiger partial charge in [-0.3, -0.25) is 4.79 Å². The van der Waals surface area contributed by atoms with E-state index in [2.05, 4.69) is 12.4 Å². The molecule has 1 fully saturated rings. The van der Waals surface area contributed by atoms with E-state index in [4.69, 9.17) is 4.74 Å². The van der Waals surface area contributed by atoms with E-state index < -0.39 is 0 Å². The quantitative estimate of drug-likeness (QED) is 0.624. The maximum absolute atomic E-state index is 12.3. The van der Waals surface area contributed by atoms with Gasteiger partial charge in [0.1, 0.15) is 31.9 Å². The Hall–Kier alpha value is -1.59. The molecule has 0 aliphatic carbocycles. The average molecular weight is 279 g/mol. The number of ether oxygens (including phenoxy) is 1. The molecule has 20 heavy (non-hydrogen) atoms. The lowest BCUT2D eigenvalue weighted by Crippen LogP contribution is -3.29. The highest BCUT2D eigenvalue weighted by molar-refractivity contribution is 5.93. The van der Waals surface area contributed by atoms with Gasteiger partial charge in [0.25, 0.3) is 5.91 Å². The smallest absolute Gasteiger partial charge is 0.282 e. The van der Waals surface area contributed by atoms with E-state index in [9.17, 15) is 4.79 Å². The third-order valence-electron chi connectivity index (χ3n) is 4.11. The monoisotopic (exact) mass is 279 g/mol. The molecule has 5 heteroatoms. The van der Waals surface area contributed by atoms with Crippen LogP contribution in [0.15, 0.2) is 24.3 Å². The van der Waals surface area contributed by atoms with Crippen molar-refractivity contribution < 1.29 is 19.3 Å². The third-order valence-corrected chi connectivity index (χ3v) is 4.11. The first-order chi connectivity index (χ1) is 9.60. The van der Waals surface area contributed by atoms with Crippen molar-refractivity contribution in [1.82, 2.24) is 0 Å². The fourth-order valence-corrected chi connectivity index (χ4v) is 2.54. The maximum atomic E-state index is 12.3. The largest absolute Gasteiger partial charge is 0.497 e. The molecule has 2 rings (SSSR count). The predicted octanol–water partition coefficient (Wildman–Crippen LogP) is -1.56. The number of piperazine rings is 1. The number of carbonyl (C=O) groups is 1. The van der Waals surface area contributed by atoms with Crippen LogP contribution in [-0.2, 0) is 4.79 Å². The van der Waals surface area contributed by atoms with Gasteiger partial charge in [-0.05, 0) is 31.2 Å². The molecule has 0 bridgehead atoms. The second-order valence-electron chi connectivity index (χ2n) is 5.55. The SMILES string of the molecule is COc1ccc(NC(=O)[C@@H](C)[NH+]2CC[NH+](C)CC2)cc1. The normalized spacial score (nSPS) is 23.9. The molecule has 0 radical (unpaired) electrons. The molecule has 1 aromatic carbocycles. The van der Waals surface area contributed by atoms with E-state index in [-0.39, 0.29) is 11.9 Å². The number of carbonyl (C=O) groups excluding carboxylic acids is 1. The van der Waals surface area contributed by atoms with Gasteiger partial charge in [0, 0.05) is 5.69 Å². The Morgan fingerprint density at radius 1 is 1.20 bits per heavy atom. The van der Waals surface area contributed by atoms with Gasteiger partial charge in [-0.15, -0.1) is 0 Å². The van der Waals surface area contributed by atoms with Gasteiger partial charge in [0.05, 0.1) is 14.2 Å². The lowest BCUT2D eigenvalue weighted by Gasteiger charge is -2.30. The van der Waals surface area contributed by atoms with E-state index in [1.807, 2.05) is 31.2 Å². The minimum absolute atomic E-state index is 0.00907. The van der Waals surface area contributed by atoms with Crippen molar-refractivity contribution in [2.75, 3.05) is 45.7 Å². The average Bonchev–Trinajstić information content (AvgIpc) is 2.48. The number of amides is 1. The summed E-state index contributed by atoms with van der Waals surface area (Å²) in [6, 6.07) is 7.43. The summed E-state index contributed by atoms with van der Waals surface area (Å²) in [5.74, 6) is 0.883. The molecule has 0 saturated carbocycles.